The molecule has 1 aromatic heterocycles. The molecule has 3 heteroatoms. The minimum atomic E-state index is 0.428. The average molecular weight is 243 g/mol. The average Bonchev–Trinajstić information content (AvgIpc) is 2.43. The first-order valence-corrected chi connectivity index (χ1v) is 6.67. The smallest absolute Gasteiger partial charge is 0.0932 e. The molecule has 0 fully saturated rings. The summed E-state index contributed by atoms with van der Waals surface area (Å²) >= 11 is 0. The van der Waals surface area contributed by atoms with Crippen LogP contribution in [0.15, 0.2) is 30.5 Å². The van der Waals surface area contributed by atoms with E-state index in [-0.39, 0.29) is 0 Å². The molecule has 18 heavy (non-hydrogen) atoms. The van der Waals surface area contributed by atoms with Crippen LogP contribution in [0.2, 0.25) is 0 Å². The predicted octanol–water partition coefficient (Wildman–Crippen LogP) is 3.12. The summed E-state index contributed by atoms with van der Waals surface area (Å²) in [5, 5.41) is 13.1. The molecule has 0 aliphatic heterocycles. The highest BCUT2D eigenvalue weighted by Crippen LogP contribution is 2.25. The minimum Gasteiger partial charge on any atom is -0.314 e. The van der Waals surface area contributed by atoms with Gasteiger partial charge in [-0.2, -0.15) is 10.2 Å². The van der Waals surface area contributed by atoms with Gasteiger partial charge in [0.25, 0.3) is 0 Å². The molecule has 1 heterocycles. The van der Waals surface area contributed by atoms with E-state index in [0.29, 0.717) is 12.0 Å². The van der Waals surface area contributed by atoms with Crippen LogP contribution >= 0.6 is 0 Å². The Balaban J connectivity index is 2.29. The van der Waals surface area contributed by atoms with Gasteiger partial charge in [-0.25, -0.2) is 0 Å². The van der Waals surface area contributed by atoms with Gasteiger partial charge in [-0.1, -0.05) is 32.0 Å². The molecule has 0 radical (unpaired) electrons. The first-order valence-electron chi connectivity index (χ1n) is 6.67. The number of nitrogens with zero attached hydrogens (tertiary/aromatic N) is 2. The molecule has 1 aromatic carbocycles. The molecule has 1 N–H and O–H groups in total. The molecule has 0 spiro atoms. The Morgan fingerprint density at radius 1 is 1.22 bits per heavy atom. The molecule has 2 atom stereocenters. The maximum Gasteiger partial charge on any atom is 0.0932 e. The predicted molar refractivity (Wildman–Crippen MR) is 75.7 cm³/mol. The lowest BCUT2D eigenvalue weighted by molar-refractivity contribution is 0.482. The highest BCUT2D eigenvalue weighted by atomic mass is 15.1. The van der Waals surface area contributed by atoms with E-state index < -0.39 is 0 Å². The number of fused-ring (bicyclic) bond motifs is 1. The van der Waals surface area contributed by atoms with Crippen LogP contribution in [0.25, 0.3) is 10.9 Å². The molecule has 0 saturated heterocycles. The van der Waals surface area contributed by atoms with Gasteiger partial charge >= 0.3 is 0 Å². The van der Waals surface area contributed by atoms with Gasteiger partial charge in [0.2, 0.25) is 0 Å². The van der Waals surface area contributed by atoms with Gasteiger partial charge in [0.15, 0.2) is 0 Å². The quantitative estimate of drug-likeness (QED) is 0.876. The summed E-state index contributed by atoms with van der Waals surface area (Å²) in [7, 11) is 0. The van der Waals surface area contributed by atoms with E-state index >= 15 is 0 Å². The van der Waals surface area contributed by atoms with Crippen LogP contribution < -0.4 is 5.32 Å². The Hall–Kier alpha value is -1.48. The van der Waals surface area contributed by atoms with E-state index in [1.807, 2.05) is 18.3 Å². The Labute approximate surface area is 109 Å². The molecule has 0 aliphatic carbocycles. The van der Waals surface area contributed by atoms with Crippen LogP contribution in [0.5, 0.6) is 0 Å². The molecule has 96 valence electrons. The summed E-state index contributed by atoms with van der Waals surface area (Å²) in [6.07, 6.45) is 3.06. The van der Waals surface area contributed by atoms with E-state index in [0.717, 1.165) is 18.5 Å². The van der Waals surface area contributed by atoms with Crippen molar-refractivity contribution in [1.82, 2.24) is 15.5 Å². The summed E-state index contributed by atoms with van der Waals surface area (Å²) in [6.45, 7) is 7.72. The second-order valence-electron chi connectivity index (χ2n) is 4.85. The fourth-order valence-corrected chi connectivity index (χ4v) is 2.21. The second-order valence-corrected chi connectivity index (χ2v) is 4.85. The fraction of sp³-hybridized carbons (Fsp3) is 0.467. The number of benzene rings is 1. The van der Waals surface area contributed by atoms with Crippen LogP contribution in [0.3, 0.4) is 0 Å². The van der Waals surface area contributed by atoms with Gasteiger partial charge in [-0.3, -0.25) is 0 Å². The van der Waals surface area contributed by atoms with Gasteiger partial charge in [0, 0.05) is 11.4 Å². The monoisotopic (exact) mass is 243 g/mol. The van der Waals surface area contributed by atoms with Crippen LogP contribution in [-0.4, -0.2) is 22.8 Å². The van der Waals surface area contributed by atoms with Crippen LogP contribution in [0.4, 0.5) is 0 Å². The van der Waals surface area contributed by atoms with Crippen molar-refractivity contribution in [2.24, 2.45) is 0 Å². The fourth-order valence-electron chi connectivity index (χ4n) is 2.21. The molecule has 2 rings (SSSR count). The summed E-state index contributed by atoms with van der Waals surface area (Å²) < 4.78 is 0. The Kier molecular flexibility index (Phi) is 4.26. The zero-order valence-electron chi connectivity index (χ0n) is 11.4. The van der Waals surface area contributed by atoms with Crippen molar-refractivity contribution in [3.05, 3.63) is 36.0 Å². The summed E-state index contributed by atoms with van der Waals surface area (Å²) in [4.78, 5) is 0. The topological polar surface area (TPSA) is 37.8 Å². The molecular formula is C15H21N3. The van der Waals surface area contributed by atoms with Gasteiger partial charge in [0.05, 0.1) is 11.7 Å². The van der Waals surface area contributed by atoms with Crippen molar-refractivity contribution in [3.63, 3.8) is 0 Å². The largest absolute Gasteiger partial charge is 0.314 e. The lowest BCUT2D eigenvalue weighted by Gasteiger charge is -2.22. The van der Waals surface area contributed by atoms with E-state index in [4.69, 9.17) is 0 Å². The zero-order chi connectivity index (χ0) is 13.0. The lowest BCUT2D eigenvalue weighted by atomic mass is 9.93. The van der Waals surface area contributed by atoms with Crippen molar-refractivity contribution < 1.29 is 0 Å². The molecular weight excluding hydrogens is 222 g/mol. The molecule has 0 aliphatic rings. The van der Waals surface area contributed by atoms with E-state index in [1.165, 1.54) is 10.9 Å². The number of rotatable bonds is 5. The van der Waals surface area contributed by atoms with E-state index in [9.17, 15) is 0 Å². The maximum atomic E-state index is 4.18. The third-order valence-electron chi connectivity index (χ3n) is 3.53. The Morgan fingerprint density at radius 3 is 2.78 bits per heavy atom. The van der Waals surface area contributed by atoms with Gasteiger partial charge in [-0.05, 0) is 37.4 Å². The van der Waals surface area contributed by atoms with Crippen molar-refractivity contribution in [1.29, 1.82) is 0 Å². The van der Waals surface area contributed by atoms with Gasteiger partial charge < -0.3 is 5.32 Å². The summed E-state index contributed by atoms with van der Waals surface area (Å²) in [5.74, 6) is 0.428. The molecule has 0 amide bonds. The summed E-state index contributed by atoms with van der Waals surface area (Å²) in [6, 6.07) is 8.65. The number of nitrogens with one attached hydrogen (secondary N) is 1. The molecule has 3 nitrogen and oxygen atoms in total. The SMILES string of the molecule is CCCNC(C)C(C)c1cnnc2ccccc12. The number of aromatic nitrogens is 2. The standard InChI is InChI=1S/C15H21N3/c1-4-9-16-12(3)11(2)14-10-17-18-15-8-6-5-7-13(14)15/h5-8,10-12,16H,4,9H2,1-3H3. The minimum absolute atomic E-state index is 0.428. The number of hydrogen-bond donors (Lipinski definition) is 1. The van der Waals surface area contributed by atoms with Crippen molar-refractivity contribution in [3.8, 4) is 0 Å². The van der Waals surface area contributed by atoms with Crippen molar-refractivity contribution >= 4 is 10.9 Å². The third kappa shape index (κ3) is 2.67. The normalized spacial score (nSPS) is 14.6. The Bertz CT molecular complexity index is 505. The molecule has 2 unspecified atom stereocenters. The molecule has 0 saturated carbocycles. The highest BCUT2D eigenvalue weighted by Gasteiger charge is 2.16. The van der Waals surface area contributed by atoms with Crippen molar-refractivity contribution in [2.45, 2.75) is 39.2 Å². The van der Waals surface area contributed by atoms with Crippen molar-refractivity contribution in [2.75, 3.05) is 6.54 Å². The van der Waals surface area contributed by atoms with Crippen LogP contribution in [0.1, 0.15) is 38.7 Å². The first-order chi connectivity index (χ1) is 8.74. The van der Waals surface area contributed by atoms with Crippen LogP contribution in [0, 0.1) is 0 Å². The van der Waals surface area contributed by atoms with Crippen LogP contribution in [-0.2, 0) is 0 Å². The lowest BCUT2D eigenvalue weighted by Crippen LogP contribution is -2.31. The van der Waals surface area contributed by atoms with E-state index in [1.54, 1.807) is 0 Å². The summed E-state index contributed by atoms with van der Waals surface area (Å²) in [5.41, 5.74) is 2.25. The Morgan fingerprint density at radius 2 is 2.00 bits per heavy atom. The number of hydrogen-bond acceptors (Lipinski definition) is 3. The third-order valence-corrected chi connectivity index (χ3v) is 3.53. The van der Waals surface area contributed by atoms with Gasteiger partial charge in [0.1, 0.15) is 0 Å². The van der Waals surface area contributed by atoms with Gasteiger partial charge in [-0.15, -0.1) is 0 Å². The molecule has 2 aromatic rings. The second kappa shape index (κ2) is 5.91. The van der Waals surface area contributed by atoms with E-state index in [2.05, 4.69) is 48.4 Å². The first kappa shape index (κ1) is 13.0. The molecule has 0 bridgehead atoms. The highest BCUT2D eigenvalue weighted by molar-refractivity contribution is 5.81. The zero-order valence-corrected chi connectivity index (χ0v) is 11.4. The maximum absolute atomic E-state index is 4.18.